The standard InChI is InChI=1S/C91H57BN4OS2/c93-58-59-41-44-68(45-42-59)95(67-33-17-6-18-34-67)69-46-49-78-80(56-69)96(90-72(61-25-9-2-10-26-61)37-21-38-73(90)62-27-11-3-12-28-62)81-53-64(55-86-89(81)92(78)79-50-47-70(57-85(79)98-86)94(65-29-13-4-14-30-65)66-31-15-5-16-32-66)63-43-48-76-83(54-63)97-82-51-52-84-88(87(76)82)77-40-22-39-75(91(77)99-84)74-36-20-19-35-71(74)60-23-7-1-8-24-60/h1-57H/i4D,13D,14D,29D,30D. The van der Waals surface area contributed by atoms with Crippen molar-refractivity contribution < 1.29 is 11.3 Å². The molecule has 0 radical (unpaired) electrons. The van der Waals surface area contributed by atoms with Gasteiger partial charge in [0.1, 0.15) is 11.2 Å². The molecule has 0 amide bonds. The zero-order valence-electron chi connectivity index (χ0n) is 58.1. The molecule has 2 aliphatic heterocycles. The van der Waals surface area contributed by atoms with Crippen molar-refractivity contribution in [3.05, 3.63) is 351 Å². The Labute approximate surface area is 589 Å². The minimum absolute atomic E-state index is 0.0545. The average molecular weight is 1300 g/mol. The van der Waals surface area contributed by atoms with Gasteiger partial charge in [-0.15, -0.1) is 11.3 Å². The van der Waals surface area contributed by atoms with Crippen LogP contribution >= 0.6 is 23.1 Å². The van der Waals surface area contributed by atoms with Crippen LogP contribution in [-0.4, -0.2) is 6.71 Å². The maximum absolute atomic E-state index is 10.1. The quantitative estimate of drug-likeness (QED) is 0.114. The van der Waals surface area contributed by atoms with Crippen molar-refractivity contribution in [1.82, 2.24) is 0 Å². The maximum Gasteiger partial charge on any atom is 0.249 e. The van der Waals surface area contributed by atoms with Gasteiger partial charge >= 0.3 is 0 Å². The number of hydrogen-bond acceptors (Lipinski definition) is 7. The third-order valence-corrected chi connectivity index (χ3v) is 21.7. The van der Waals surface area contributed by atoms with E-state index in [4.69, 9.17) is 8.53 Å². The summed E-state index contributed by atoms with van der Waals surface area (Å²) in [5.41, 5.74) is 23.3. The molecule has 99 heavy (non-hydrogen) atoms. The van der Waals surface area contributed by atoms with Crippen molar-refractivity contribution in [2.45, 2.75) is 9.79 Å². The van der Waals surface area contributed by atoms with Gasteiger partial charge in [0.25, 0.3) is 0 Å². The summed E-state index contributed by atoms with van der Waals surface area (Å²) in [6.45, 7) is -0.345. The zero-order valence-corrected chi connectivity index (χ0v) is 54.7. The monoisotopic (exact) mass is 1300 g/mol. The molecule has 0 saturated heterocycles. The van der Waals surface area contributed by atoms with Crippen molar-refractivity contribution >= 4 is 139 Å². The van der Waals surface area contributed by atoms with Crippen molar-refractivity contribution in [2.24, 2.45) is 0 Å². The summed E-state index contributed by atoms with van der Waals surface area (Å²) in [5.74, 6) is 0. The molecule has 5 nitrogen and oxygen atoms in total. The van der Waals surface area contributed by atoms with Gasteiger partial charge in [0.05, 0.1) is 24.2 Å². The van der Waals surface area contributed by atoms with Gasteiger partial charge in [0, 0.05) is 103 Å². The maximum atomic E-state index is 10.1. The van der Waals surface area contributed by atoms with Crippen LogP contribution in [0.2, 0.25) is 0 Å². The number of nitriles is 1. The number of furan rings is 1. The predicted octanol–water partition coefficient (Wildman–Crippen LogP) is 23.9. The number of nitrogens with zero attached hydrogens (tertiary/aromatic N) is 4. The Balaban J connectivity index is 0.868. The third kappa shape index (κ3) is 9.84. The molecule has 0 spiro atoms. The molecule has 0 N–H and O–H groups in total. The van der Waals surface area contributed by atoms with Crippen LogP contribution in [0.4, 0.5) is 51.2 Å². The van der Waals surface area contributed by atoms with Gasteiger partial charge in [0.15, 0.2) is 0 Å². The van der Waals surface area contributed by atoms with E-state index in [-0.39, 0.29) is 24.5 Å². The summed E-state index contributed by atoms with van der Waals surface area (Å²) in [7, 11) is 0. The lowest BCUT2D eigenvalue weighted by Gasteiger charge is -2.42. The van der Waals surface area contributed by atoms with Crippen LogP contribution in [0.15, 0.2) is 360 Å². The Hall–Kier alpha value is -12.4. The number of anilines is 9. The van der Waals surface area contributed by atoms with E-state index in [1.165, 1.54) is 42.4 Å². The molecule has 0 aliphatic carbocycles. The Kier molecular flexibility index (Phi) is 12.8. The molecule has 0 fully saturated rings. The van der Waals surface area contributed by atoms with Gasteiger partial charge < -0.3 is 19.1 Å². The summed E-state index contributed by atoms with van der Waals surface area (Å²) in [4.78, 5) is 8.55. The fraction of sp³-hybridized carbons (Fsp3) is 0. The minimum atomic E-state index is -0.455. The van der Waals surface area contributed by atoms with E-state index in [9.17, 15) is 8.00 Å². The van der Waals surface area contributed by atoms with E-state index in [0.717, 1.165) is 116 Å². The fourth-order valence-electron chi connectivity index (χ4n) is 15.1. The summed E-state index contributed by atoms with van der Waals surface area (Å²) < 4.78 is 54.8. The van der Waals surface area contributed by atoms with Gasteiger partial charge in [-0.05, 0) is 171 Å². The molecule has 19 rings (SSSR count). The molecule has 462 valence electrons. The Bertz CT molecular complexity index is 6290. The predicted molar refractivity (Wildman–Crippen MR) is 418 cm³/mol. The van der Waals surface area contributed by atoms with E-state index >= 15 is 0 Å². The van der Waals surface area contributed by atoms with Gasteiger partial charge in [-0.25, -0.2) is 0 Å². The average Bonchev–Trinajstić information content (AvgIpc) is 0.871. The van der Waals surface area contributed by atoms with E-state index in [2.05, 4.69) is 265 Å². The molecule has 2 aromatic heterocycles. The second-order valence-corrected chi connectivity index (χ2v) is 27.1. The molecular weight excluding hydrogens is 1240 g/mol. The first-order chi connectivity index (χ1) is 51.1. The van der Waals surface area contributed by atoms with Crippen molar-refractivity contribution in [3.8, 4) is 61.7 Å². The molecule has 0 atom stereocenters. The number of hydrogen-bond donors (Lipinski definition) is 0. The Morgan fingerprint density at radius 3 is 1.63 bits per heavy atom. The lowest BCUT2D eigenvalue weighted by atomic mass is 9.34. The van der Waals surface area contributed by atoms with Crippen LogP contribution in [0.5, 0.6) is 0 Å². The van der Waals surface area contributed by atoms with E-state index in [0.29, 0.717) is 16.9 Å². The molecule has 15 aromatic carbocycles. The summed E-state index contributed by atoms with van der Waals surface area (Å²) >= 11 is 3.51. The summed E-state index contributed by atoms with van der Waals surface area (Å²) in [5, 5.41) is 14.6. The first kappa shape index (κ1) is 52.8. The molecule has 17 aromatic rings. The van der Waals surface area contributed by atoms with E-state index in [1.807, 2.05) is 78.1 Å². The minimum Gasteiger partial charge on any atom is -0.456 e. The SMILES string of the molecule is [2H]c1c([2H])c([2H])c(N(c2ccccc2)c2ccc3c(c2)Sc2cc(-c4ccc5c(c4)oc4ccc6sc7c(-c8ccccc8-c8ccccc8)cccc7c6c45)cc4c2B3c2ccc(N(c3ccccc3)c3ccc(C#N)cc3)cc2N4c2c(-c3ccccc3)cccc2-c2ccccc2)c([2H])c1[2H]. The van der Waals surface area contributed by atoms with Crippen LogP contribution in [-0.2, 0) is 0 Å². The number of fused-ring (bicyclic) bond motifs is 11. The van der Waals surface area contributed by atoms with Crippen LogP contribution in [0.3, 0.4) is 0 Å². The lowest BCUT2D eigenvalue weighted by molar-refractivity contribution is 0.669. The summed E-state index contributed by atoms with van der Waals surface area (Å²) in [6, 6.07) is 111. The first-order valence-corrected chi connectivity index (χ1v) is 34.7. The third-order valence-electron chi connectivity index (χ3n) is 19.4. The number of benzene rings is 15. The normalized spacial score (nSPS) is 12.9. The Morgan fingerprint density at radius 1 is 0.384 bits per heavy atom. The highest BCUT2D eigenvalue weighted by atomic mass is 32.2. The molecule has 0 saturated carbocycles. The highest BCUT2D eigenvalue weighted by Gasteiger charge is 2.43. The van der Waals surface area contributed by atoms with Crippen molar-refractivity contribution in [1.29, 1.82) is 5.26 Å². The van der Waals surface area contributed by atoms with Crippen LogP contribution < -0.4 is 31.1 Å². The van der Waals surface area contributed by atoms with Gasteiger partial charge in [0.2, 0.25) is 6.71 Å². The first-order valence-electron chi connectivity index (χ1n) is 35.5. The number of rotatable bonds is 12. The van der Waals surface area contributed by atoms with Gasteiger partial charge in [-0.1, -0.05) is 242 Å². The molecule has 4 heterocycles. The van der Waals surface area contributed by atoms with Crippen molar-refractivity contribution in [2.75, 3.05) is 14.7 Å². The molecule has 2 aliphatic rings. The van der Waals surface area contributed by atoms with Gasteiger partial charge in [-0.3, -0.25) is 0 Å². The number of thiophene rings is 1. The van der Waals surface area contributed by atoms with E-state index in [1.54, 1.807) is 16.7 Å². The highest BCUT2D eigenvalue weighted by molar-refractivity contribution is 8.00. The van der Waals surface area contributed by atoms with Crippen LogP contribution in [0, 0.1) is 11.3 Å². The Morgan fingerprint density at radius 2 is 0.949 bits per heavy atom. The largest absolute Gasteiger partial charge is 0.456 e. The number of para-hydroxylation sites is 4. The van der Waals surface area contributed by atoms with Crippen LogP contribution in [0.25, 0.3) is 97.7 Å². The topological polar surface area (TPSA) is 46.7 Å². The lowest BCUT2D eigenvalue weighted by Crippen LogP contribution is -2.60. The van der Waals surface area contributed by atoms with Gasteiger partial charge in [-0.2, -0.15) is 5.26 Å². The molecule has 0 bridgehead atoms. The second kappa shape index (κ2) is 24.1. The van der Waals surface area contributed by atoms with E-state index < -0.39 is 18.1 Å². The fourth-order valence-corrected chi connectivity index (χ4v) is 17.5. The zero-order chi connectivity index (χ0) is 69.8. The van der Waals surface area contributed by atoms with Crippen LogP contribution in [0.1, 0.15) is 12.4 Å². The second-order valence-electron chi connectivity index (χ2n) is 25.0. The summed E-state index contributed by atoms with van der Waals surface area (Å²) in [6.07, 6.45) is 0. The molecular formula is C91H57BN4OS2. The molecule has 8 heteroatoms. The highest BCUT2D eigenvalue weighted by Crippen LogP contribution is 2.53. The smallest absolute Gasteiger partial charge is 0.249 e. The van der Waals surface area contributed by atoms with Crippen molar-refractivity contribution in [3.63, 3.8) is 0 Å². The molecule has 0 unspecified atom stereocenters.